The minimum Gasteiger partial charge on any atom is -0.382 e. The molecule has 0 spiro atoms. The molecule has 74 valence electrons. The molecule has 4 nitrogen and oxygen atoms in total. The second-order valence-corrected chi connectivity index (χ2v) is 3.72. The van der Waals surface area contributed by atoms with Gasteiger partial charge in [0.2, 0.25) is 0 Å². The predicted molar refractivity (Wildman–Crippen MR) is 47.1 cm³/mol. The zero-order valence-corrected chi connectivity index (χ0v) is 8.38. The highest BCUT2D eigenvalue weighted by molar-refractivity contribution is 7.73. The van der Waals surface area contributed by atoms with E-state index in [4.69, 9.17) is 9.47 Å². The first kappa shape index (κ1) is 11.9. The number of ether oxygens (including phenoxy) is 2. The van der Waals surface area contributed by atoms with Gasteiger partial charge in [0, 0.05) is 7.11 Å². The summed E-state index contributed by atoms with van der Waals surface area (Å²) in [7, 11) is -0.773. The van der Waals surface area contributed by atoms with Crippen LogP contribution >= 0.6 is 0 Å². The molecule has 0 amide bonds. The molecule has 1 unspecified atom stereocenters. The first-order valence-electron chi connectivity index (χ1n) is 3.92. The van der Waals surface area contributed by atoms with Gasteiger partial charge in [-0.2, -0.15) is 0 Å². The van der Waals surface area contributed by atoms with Gasteiger partial charge in [0.25, 0.3) is 0 Å². The van der Waals surface area contributed by atoms with Crippen LogP contribution in [0.5, 0.6) is 0 Å². The fourth-order valence-electron chi connectivity index (χ4n) is 0.689. The minimum absolute atomic E-state index is 0.276. The lowest BCUT2D eigenvalue weighted by Crippen LogP contribution is -2.18. The summed E-state index contributed by atoms with van der Waals surface area (Å²) in [5.41, 5.74) is 0. The SMILES string of the molecule is CCC(COCCOC)[SH](=O)=O. The second-order valence-electron chi connectivity index (χ2n) is 2.42. The molecule has 0 N–H and O–H groups in total. The van der Waals surface area contributed by atoms with Crippen molar-refractivity contribution in [3.05, 3.63) is 0 Å². The summed E-state index contributed by atoms with van der Waals surface area (Å²) in [6.45, 7) is 3.07. The number of rotatable bonds is 7. The van der Waals surface area contributed by atoms with E-state index in [1.54, 1.807) is 7.11 Å². The molecule has 0 aromatic rings. The first-order chi connectivity index (χ1) is 5.72. The van der Waals surface area contributed by atoms with Gasteiger partial charge in [0.1, 0.15) is 10.7 Å². The van der Waals surface area contributed by atoms with Crippen LogP contribution in [0.15, 0.2) is 0 Å². The average Bonchev–Trinajstić information content (AvgIpc) is 2.04. The van der Waals surface area contributed by atoms with Crippen molar-refractivity contribution in [2.45, 2.75) is 18.6 Å². The van der Waals surface area contributed by atoms with E-state index >= 15 is 0 Å². The molecule has 0 saturated carbocycles. The maximum atomic E-state index is 10.5. The van der Waals surface area contributed by atoms with Crippen LogP contribution in [0.4, 0.5) is 0 Å². The highest BCUT2D eigenvalue weighted by atomic mass is 32.2. The maximum absolute atomic E-state index is 10.5. The van der Waals surface area contributed by atoms with Crippen LogP contribution < -0.4 is 0 Å². The Morgan fingerprint density at radius 1 is 1.33 bits per heavy atom. The van der Waals surface area contributed by atoms with Gasteiger partial charge in [0.05, 0.1) is 25.1 Å². The van der Waals surface area contributed by atoms with E-state index in [-0.39, 0.29) is 11.9 Å². The van der Waals surface area contributed by atoms with Crippen molar-refractivity contribution in [2.75, 3.05) is 26.9 Å². The Bertz CT molecular complexity index is 159. The van der Waals surface area contributed by atoms with E-state index in [0.717, 1.165) is 0 Å². The molecule has 0 aliphatic rings. The molecule has 0 heterocycles. The third kappa shape index (κ3) is 5.51. The highest BCUT2D eigenvalue weighted by Gasteiger charge is 2.07. The van der Waals surface area contributed by atoms with Crippen molar-refractivity contribution in [3.63, 3.8) is 0 Å². The fraction of sp³-hybridized carbons (Fsp3) is 1.00. The van der Waals surface area contributed by atoms with E-state index in [9.17, 15) is 8.42 Å². The summed E-state index contributed by atoms with van der Waals surface area (Å²) >= 11 is 0. The molecule has 0 radical (unpaired) electrons. The number of thiol groups is 1. The summed E-state index contributed by atoms with van der Waals surface area (Å²) in [6, 6.07) is 0. The minimum atomic E-state index is -2.35. The van der Waals surface area contributed by atoms with Gasteiger partial charge in [0.15, 0.2) is 0 Å². The van der Waals surface area contributed by atoms with Gasteiger partial charge in [-0.15, -0.1) is 0 Å². The number of methoxy groups -OCH3 is 1. The topological polar surface area (TPSA) is 52.6 Å². The normalized spacial score (nSPS) is 13.6. The molecular formula is C7H16O4S. The van der Waals surface area contributed by atoms with E-state index < -0.39 is 10.7 Å². The molecule has 1 atom stereocenters. The Kier molecular flexibility index (Phi) is 7.43. The molecule has 12 heavy (non-hydrogen) atoms. The largest absolute Gasteiger partial charge is 0.382 e. The van der Waals surface area contributed by atoms with E-state index in [0.29, 0.717) is 19.6 Å². The smallest absolute Gasteiger partial charge is 0.145 e. The summed E-state index contributed by atoms with van der Waals surface area (Å²) in [5.74, 6) is 0. The Hall–Kier alpha value is -0.130. The van der Waals surface area contributed by atoms with Crippen LogP contribution in [-0.2, 0) is 20.2 Å². The Morgan fingerprint density at radius 3 is 2.42 bits per heavy atom. The lowest BCUT2D eigenvalue weighted by molar-refractivity contribution is 0.0705. The van der Waals surface area contributed by atoms with E-state index in [1.165, 1.54) is 0 Å². The van der Waals surface area contributed by atoms with Gasteiger partial charge in [-0.05, 0) is 6.42 Å². The molecule has 0 aromatic carbocycles. The molecule has 0 bridgehead atoms. The molecule has 0 fully saturated rings. The predicted octanol–water partition coefficient (Wildman–Crippen LogP) is 0.0394. The van der Waals surface area contributed by atoms with Crippen molar-refractivity contribution in [1.82, 2.24) is 0 Å². The molecule has 0 saturated heterocycles. The summed E-state index contributed by atoms with van der Waals surface area (Å²) in [4.78, 5) is 0. The van der Waals surface area contributed by atoms with E-state index in [2.05, 4.69) is 0 Å². The third-order valence-corrected chi connectivity index (χ3v) is 2.62. The van der Waals surface area contributed by atoms with Crippen LogP contribution in [-0.4, -0.2) is 40.6 Å². The van der Waals surface area contributed by atoms with Gasteiger partial charge in [-0.25, -0.2) is 8.42 Å². The Morgan fingerprint density at radius 2 is 2.00 bits per heavy atom. The molecule has 0 rings (SSSR count). The van der Waals surface area contributed by atoms with E-state index in [1.807, 2.05) is 6.92 Å². The Labute approximate surface area is 74.8 Å². The zero-order valence-electron chi connectivity index (χ0n) is 7.49. The van der Waals surface area contributed by atoms with Crippen molar-refractivity contribution in [3.8, 4) is 0 Å². The summed E-state index contributed by atoms with van der Waals surface area (Å²) < 4.78 is 30.9. The monoisotopic (exact) mass is 196 g/mol. The van der Waals surface area contributed by atoms with Crippen molar-refractivity contribution < 1.29 is 17.9 Å². The average molecular weight is 196 g/mol. The van der Waals surface area contributed by atoms with Crippen LogP contribution in [0.1, 0.15) is 13.3 Å². The number of hydrogen-bond acceptors (Lipinski definition) is 4. The quantitative estimate of drug-likeness (QED) is 0.461. The van der Waals surface area contributed by atoms with Gasteiger partial charge in [-0.3, -0.25) is 0 Å². The molecule has 0 aromatic heterocycles. The number of hydrogen-bond donors (Lipinski definition) is 1. The van der Waals surface area contributed by atoms with Gasteiger partial charge in [-0.1, -0.05) is 6.92 Å². The first-order valence-corrected chi connectivity index (χ1v) is 5.17. The van der Waals surface area contributed by atoms with Crippen molar-refractivity contribution in [2.24, 2.45) is 0 Å². The maximum Gasteiger partial charge on any atom is 0.145 e. The standard InChI is InChI=1S/C7H16O4S/c1-3-7(12(8)9)6-11-5-4-10-2/h7,12H,3-6H2,1-2H3. The fourth-order valence-corrected chi connectivity index (χ4v) is 1.21. The highest BCUT2D eigenvalue weighted by Crippen LogP contribution is 1.96. The molecule has 0 aliphatic carbocycles. The second kappa shape index (κ2) is 7.52. The molecular weight excluding hydrogens is 180 g/mol. The summed E-state index contributed by atoms with van der Waals surface area (Å²) in [6.07, 6.45) is 0.603. The lowest BCUT2D eigenvalue weighted by Gasteiger charge is -2.07. The van der Waals surface area contributed by atoms with Gasteiger partial charge < -0.3 is 9.47 Å². The lowest BCUT2D eigenvalue weighted by atomic mass is 10.3. The van der Waals surface area contributed by atoms with Crippen LogP contribution in [0.2, 0.25) is 0 Å². The van der Waals surface area contributed by atoms with Crippen LogP contribution in [0, 0.1) is 0 Å². The summed E-state index contributed by atoms with van der Waals surface area (Å²) in [5, 5.41) is -0.350. The molecule has 5 heteroatoms. The third-order valence-electron chi connectivity index (χ3n) is 1.51. The van der Waals surface area contributed by atoms with Crippen LogP contribution in [0.25, 0.3) is 0 Å². The van der Waals surface area contributed by atoms with Crippen molar-refractivity contribution >= 4 is 10.7 Å². The molecule has 0 aliphatic heterocycles. The zero-order chi connectivity index (χ0) is 9.40. The Balaban J connectivity index is 3.45. The van der Waals surface area contributed by atoms with Crippen molar-refractivity contribution in [1.29, 1.82) is 0 Å². The van der Waals surface area contributed by atoms with Gasteiger partial charge >= 0.3 is 0 Å². The van der Waals surface area contributed by atoms with Crippen LogP contribution in [0.3, 0.4) is 0 Å².